The van der Waals surface area contributed by atoms with Gasteiger partial charge in [0.2, 0.25) is 11.8 Å². The highest BCUT2D eigenvalue weighted by Gasteiger charge is 2.60. The maximum Gasteiger partial charge on any atom is 0.353 e. The van der Waals surface area contributed by atoms with Crippen molar-refractivity contribution in [3.8, 4) is 0 Å². The van der Waals surface area contributed by atoms with Crippen LogP contribution in [0, 0.1) is 11.8 Å². The van der Waals surface area contributed by atoms with Gasteiger partial charge in [0.05, 0.1) is 30.6 Å². The highest BCUT2D eigenvalue weighted by molar-refractivity contribution is 8.03. The van der Waals surface area contributed by atoms with Gasteiger partial charge < -0.3 is 31.3 Å². The molecule has 3 fully saturated rings. The number of nitrogens with two attached hydrogens (primary N) is 1. The topological polar surface area (TPSA) is 145 Å². The number of carbonyl (C=O) groups excluding carboxylic acids is 3. The molecule has 3 amide bonds. The Hall–Kier alpha value is -2.32. The van der Waals surface area contributed by atoms with Crippen LogP contribution in [0.5, 0.6) is 0 Å². The number of carboxylic acids is 1. The van der Waals surface area contributed by atoms with Crippen LogP contribution < -0.4 is 16.4 Å². The molecule has 4 aliphatic rings. The van der Waals surface area contributed by atoms with Gasteiger partial charge >= 0.3 is 12.4 Å². The third-order valence-corrected chi connectivity index (χ3v) is 8.69. The van der Waals surface area contributed by atoms with Crippen LogP contribution in [-0.2, 0) is 19.2 Å². The lowest BCUT2D eigenvalue weighted by Gasteiger charge is -2.47. The summed E-state index contributed by atoms with van der Waals surface area (Å²) in [6.07, 6.45) is -4.10. The molecule has 10 nitrogen and oxygen atoms in total. The Morgan fingerprint density at radius 3 is 2.54 bits per heavy atom. The summed E-state index contributed by atoms with van der Waals surface area (Å²) in [5.74, 6) is -4.79. The van der Waals surface area contributed by atoms with Gasteiger partial charge in [-0.3, -0.25) is 14.4 Å². The lowest BCUT2D eigenvalue weighted by Crippen LogP contribution is -2.66. The number of nitrogens with one attached hydrogen (secondary N) is 2. The zero-order valence-corrected chi connectivity index (χ0v) is 19.9. The van der Waals surface area contributed by atoms with Gasteiger partial charge in [-0.15, -0.1) is 11.8 Å². The number of thioether (sulfide) groups is 1. The second-order valence-corrected chi connectivity index (χ2v) is 10.8. The van der Waals surface area contributed by atoms with E-state index in [0.717, 1.165) is 0 Å². The Kier molecular flexibility index (Phi) is 7.08. The fourth-order valence-corrected chi connectivity index (χ4v) is 6.90. The highest BCUT2D eigenvalue weighted by Crippen LogP contribution is 2.51. The Bertz CT molecular complexity index is 958. The van der Waals surface area contributed by atoms with Crippen molar-refractivity contribution < 1.29 is 37.5 Å². The molecule has 35 heavy (non-hydrogen) atoms. The van der Waals surface area contributed by atoms with E-state index in [1.54, 1.807) is 6.92 Å². The van der Waals surface area contributed by atoms with Crippen LogP contribution in [0.3, 0.4) is 0 Å². The van der Waals surface area contributed by atoms with E-state index < -0.39 is 66.4 Å². The molecule has 0 saturated carbocycles. The second-order valence-electron chi connectivity index (χ2n) is 9.49. The molecule has 5 N–H and O–H groups in total. The first-order chi connectivity index (χ1) is 16.4. The van der Waals surface area contributed by atoms with Crippen molar-refractivity contribution >= 4 is 35.5 Å². The van der Waals surface area contributed by atoms with Gasteiger partial charge in [-0.25, -0.2) is 9.18 Å². The first kappa shape index (κ1) is 25.8. The van der Waals surface area contributed by atoms with Crippen molar-refractivity contribution in [2.75, 3.05) is 19.6 Å². The molecule has 4 rings (SSSR count). The van der Waals surface area contributed by atoms with Crippen LogP contribution in [0.15, 0.2) is 10.6 Å². The van der Waals surface area contributed by atoms with Crippen molar-refractivity contribution in [1.29, 1.82) is 0 Å². The standard InChI is InChI=1S/C21H28F3N5O5S/c1-7-14-13(8(2)27-18(30)17(23)24)20(32)29(14)15(21(33)34)16(7)35-9-3-12(26-4-9)19(31)28-5-10(22)11(25)6-28/h7-14,17,26H,3-6,25H2,1-2H3,(H,27,30)(H,33,34)/t7-,8?,9+,10+,11+,12+,13-,14-/m1/s1. The SMILES string of the molecule is CC(NC(=O)C(F)F)[C@H]1C(=O)N2C(C(=O)O)=C(S[C@@H]3CN[C@H](C(=O)N4C[C@H](N)[C@@H](F)C4)C3)[C@H](C)[C@H]12. The summed E-state index contributed by atoms with van der Waals surface area (Å²) >= 11 is 1.27. The molecular weight excluding hydrogens is 491 g/mol. The molecule has 4 aliphatic heterocycles. The predicted molar refractivity (Wildman–Crippen MR) is 119 cm³/mol. The largest absolute Gasteiger partial charge is 0.477 e. The molecule has 0 aromatic heterocycles. The minimum Gasteiger partial charge on any atom is -0.477 e. The zero-order chi connectivity index (χ0) is 25.8. The van der Waals surface area contributed by atoms with Gasteiger partial charge in [0.15, 0.2) is 0 Å². The number of carboxylic acid groups (broad SMARTS) is 1. The van der Waals surface area contributed by atoms with Crippen LogP contribution in [0.2, 0.25) is 0 Å². The number of hydrogen-bond acceptors (Lipinski definition) is 7. The first-order valence-corrected chi connectivity index (χ1v) is 12.3. The quantitative estimate of drug-likeness (QED) is 0.330. The number of carbonyl (C=O) groups is 4. The Morgan fingerprint density at radius 2 is 1.97 bits per heavy atom. The van der Waals surface area contributed by atoms with E-state index in [-0.39, 0.29) is 29.9 Å². The van der Waals surface area contributed by atoms with Crippen LogP contribution in [-0.4, -0.2) is 100 Å². The van der Waals surface area contributed by atoms with E-state index in [1.807, 2.05) is 0 Å². The van der Waals surface area contributed by atoms with E-state index in [9.17, 15) is 37.5 Å². The second kappa shape index (κ2) is 9.62. The highest BCUT2D eigenvalue weighted by atomic mass is 32.2. The van der Waals surface area contributed by atoms with Crippen molar-refractivity contribution in [1.82, 2.24) is 20.4 Å². The number of nitrogens with zero attached hydrogens (tertiary/aromatic N) is 2. The molecule has 0 spiro atoms. The third-order valence-electron chi connectivity index (χ3n) is 7.18. The van der Waals surface area contributed by atoms with E-state index in [2.05, 4.69) is 10.6 Å². The smallest absolute Gasteiger partial charge is 0.353 e. The van der Waals surface area contributed by atoms with E-state index >= 15 is 0 Å². The van der Waals surface area contributed by atoms with Crippen molar-refractivity contribution in [2.24, 2.45) is 17.6 Å². The van der Waals surface area contributed by atoms with Crippen LogP contribution in [0.1, 0.15) is 20.3 Å². The van der Waals surface area contributed by atoms with Crippen LogP contribution in [0.4, 0.5) is 13.2 Å². The van der Waals surface area contributed by atoms with Gasteiger partial charge in [-0.2, -0.15) is 8.78 Å². The van der Waals surface area contributed by atoms with Crippen LogP contribution >= 0.6 is 11.8 Å². The normalized spacial score (nSPS) is 35.4. The summed E-state index contributed by atoms with van der Waals surface area (Å²) < 4.78 is 39.0. The number of hydrogen-bond donors (Lipinski definition) is 4. The summed E-state index contributed by atoms with van der Waals surface area (Å²) in [5, 5.41) is 14.9. The minimum atomic E-state index is -3.22. The van der Waals surface area contributed by atoms with E-state index in [1.165, 1.54) is 28.5 Å². The fourth-order valence-electron chi connectivity index (χ4n) is 5.42. The van der Waals surface area contributed by atoms with Gasteiger partial charge in [-0.05, 0) is 13.3 Å². The maximum absolute atomic E-state index is 13.7. The lowest BCUT2D eigenvalue weighted by atomic mass is 9.78. The first-order valence-electron chi connectivity index (χ1n) is 11.4. The molecule has 4 heterocycles. The molecule has 0 radical (unpaired) electrons. The maximum atomic E-state index is 13.7. The molecule has 0 bridgehead atoms. The Labute approximate surface area is 203 Å². The third kappa shape index (κ3) is 4.51. The van der Waals surface area contributed by atoms with E-state index in [4.69, 9.17) is 5.73 Å². The molecule has 1 unspecified atom stereocenters. The zero-order valence-electron chi connectivity index (χ0n) is 19.1. The summed E-state index contributed by atoms with van der Waals surface area (Å²) in [7, 11) is 0. The number of rotatable bonds is 7. The fraction of sp³-hybridized carbons (Fsp3) is 0.714. The summed E-state index contributed by atoms with van der Waals surface area (Å²) in [6.45, 7) is 3.70. The van der Waals surface area contributed by atoms with Crippen LogP contribution in [0.25, 0.3) is 0 Å². The number of fused-ring (bicyclic) bond motifs is 1. The molecular formula is C21H28F3N5O5S. The lowest BCUT2D eigenvalue weighted by molar-refractivity contribution is -0.159. The van der Waals surface area contributed by atoms with Gasteiger partial charge in [0.25, 0.3) is 5.91 Å². The summed E-state index contributed by atoms with van der Waals surface area (Å²) in [4.78, 5) is 52.0. The summed E-state index contributed by atoms with van der Waals surface area (Å²) in [5.41, 5.74) is 5.52. The predicted octanol–water partition coefficient (Wildman–Crippen LogP) is -0.500. The van der Waals surface area contributed by atoms with Crippen molar-refractivity contribution in [2.45, 2.75) is 62.3 Å². The number of β-lactam (4-membered cyclic amide) rings is 1. The average Bonchev–Trinajstić information content (AvgIpc) is 3.44. The van der Waals surface area contributed by atoms with Gasteiger partial charge in [-0.1, -0.05) is 6.92 Å². The molecule has 8 atom stereocenters. The number of alkyl halides is 3. The van der Waals surface area contributed by atoms with E-state index in [0.29, 0.717) is 17.9 Å². The number of aliphatic carboxylic acids is 1. The van der Waals surface area contributed by atoms with Crippen molar-refractivity contribution in [3.63, 3.8) is 0 Å². The molecule has 194 valence electrons. The Morgan fingerprint density at radius 1 is 1.29 bits per heavy atom. The number of amides is 3. The monoisotopic (exact) mass is 519 g/mol. The molecule has 0 aromatic carbocycles. The van der Waals surface area contributed by atoms with Gasteiger partial charge in [0.1, 0.15) is 11.9 Å². The molecule has 3 saturated heterocycles. The van der Waals surface area contributed by atoms with Crippen molar-refractivity contribution in [3.05, 3.63) is 10.6 Å². The average molecular weight is 520 g/mol. The summed E-state index contributed by atoms with van der Waals surface area (Å²) in [6, 6.07) is -2.74. The number of halogens is 3. The molecule has 14 heteroatoms. The minimum absolute atomic E-state index is 0.0538. The molecule has 0 aliphatic carbocycles. The number of likely N-dealkylation sites (tertiary alicyclic amines) is 1. The molecule has 0 aromatic rings. The Balaban J connectivity index is 1.44. The van der Waals surface area contributed by atoms with Gasteiger partial charge in [0, 0.05) is 35.2 Å².